The van der Waals surface area contributed by atoms with E-state index >= 15 is 0 Å². The summed E-state index contributed by atoms with van der Waals surface area (Å²) >= 11 is 0. The lowest BCUT2D eigenvalue weighted by Gasteiger charge is -2.28. The first-order valence-corrected chi connectivity index (χ1v) is 24.5. The molecule has 74 heavy (non-hydrogen) atoms. The molecule has 0 radical (unpaired) electrons. The number of carbonyl (C=O) groups is 8. The molecule has 0 saturated heterocycles. The van der Waals surface area contributed by atoms with Crippen molar-refractivity contribution < 1.29 is 53.5 Å². The molecular weight excluding hydrogens is 965 g/mol. The zero-order chi connectivity index (χ0) is 55.3. The SMILES string of the molecule is CC(C)C[C@H](NC(=O)[C@H](CCCN=C(N)N)NC(=O)[C@H](Cc1ccc([N+](=O)[O-])cc1)NC(=O)[C@H](Cc1ccccc1)NC(=O)[C@H](CCCCN)NC(=O)[C@H](C)NC(=O)[C@H](CO)NC(=O)[C@@H](N)CCCCN)C(=O)O. The summed E-state index contributed by atoms with van der Waals surface area (Å²) in [6.45, 7) is 4.70. The molecule has 0 bridgehead atoms. The quantitative estimate of drug-likeness (QED) is 0.0112. The first kappa shape index (κ1) is 62.8. The number of aliphatic hydroxyl groups excluding tert-OH is 1. The summed E-state index contributed by atoms with van der Waals surface area (Å²) in [4.78, 5) is 123. The van der Waals surface area contributed by atoms with Crippen LogP contribution in [0.15, 0.2) is 59.6 Å². The monoisotopic (exact) mass is 1040 g/mol. The number of rotatable bonds is 35. The molecule has 8 atom stereocenters. The van der Waals surface area contributed by atoms with Crippen LogP contribution >= 0.6 is 0 Å². The van der Waals surface area contributed by atoms with Gasteiger partial charge in [-0.05, 0) is 88.4 Å². The molecule has 2 rings (SSSR count). The second-order valence-electron chi connectivity index (χ2n) is 18.2. The average molecular weight is 1040 g/mol. The molecule has 0 aliphatic rings. The lowest BCUT2D eigenvalue weighted by atomic mass is 10.0. The molecule has 0 aromatic heterocycles. The van der Waals surface area contributed by atoms with Gasteiger partial charge in [0, 0.05) is 31.5 Å². The van der Waals surface area contributed by atoms with E-state index in [1.165, 1.54) is 31.2 Å². The van der Waals surface area contributed by atoms with Crippen LogP contribution in [0.2, 0.25) is 0 Å². The topological polar surface area (TPSA) is 447 Å². The fourth-order valence-corrected chi connectivity index (χ4v) is 7.36. The number of carbonyl (C=O) groups excluding carboxylic acids is 7. The normalized spacial score (nSPS) is 14.3. The van der Waals surface area contributed by atoms with Crippen molar-refractivity contribution >= 4 is 59.0 Å². The Morgan fingerprint density at radius 2 is 1.03 bits per heavy atom. The first-order valence-electron chi connectivity index (χ1n) is 24.5. The Balaban J connectivity index is 2.51. The van der Waals surface area contributed by atoms with E-state index in [9.17, 15) is 58.7 Å². The number of unbranched alkanes of at least 4 members (excludes halogenated alkanes) is 2. The number of nitrogens with one attached hydrogen (secondary N) is 7. The molecule has 19 N–H and O–H groups in total. The Hall–Kier alpha value is -7.29. The highest BCUT2D eigenvalue weighted by Gasteiger charge is 2.34. The molecule has 0 aliphatic carbocycles. The van der Waals surface area contributed by atoms with E-state index in [-0.39, 0.29) is 75.6 Å². The Kier molecular flexibility index (Phi) is 28.4. The van der Waals surface area contributed by atoms with Crippen molar-refractivity contribution in [2.45, 2.75) is 140 Å². The zero-order valence-electron chi connectivity index (χ0n) is 42.3. The number of non-ortho nitro benzene ring substituents is 1. The van der Waals surface area contributed by atoms with Crippen LogP contribution in [0, 0.1) is 16.0 Å². The highest BCUT2D eigenvalue weighted by atomic mass is 16.6. The minimum Gasteiger partial charge on any atom is -0.480 e. The van der Waals surface area contributed by atoms with E-state index < -0.39 is 107 Å². The van der Waals surface area contributed by atoms with Crippen LogP contribution in [0.25, 0.3) is 0 Å². The summed E-state index contributed by atoms with van der Waals surface area (Å²) in [5.41, 5.74) is 28.8. The maximum Gasteiger partial charge on any atom is 0.326 e. The van der Waals surface area contributed by atoms with E-state index in [1.54, 1.807) is 44.2 Å². The largest absolute Gasteiger partial charge is 0.480 e. The molecule has 7 amide bonds. The molecule has 0 saturated carbocycles. The van der Waals surface area contributed by atoms with Gasteiger partial charge in [-0.15, -0.1) is 0 Å². The number of nitro groups is 1. The number of aliphatic hydroxyl groups is 1. The van der Waals surface area contributed by atoms with E-state index in [1.807, 2.05) is 0 Å². The third-order valence-corrected chi connectivity index (χ3v) is 11.5. The van der Waals surface area contributed by atoms with Gasteiger partial charge in [0.15, 0.2) is 5.96 Å². The Morgan fingerprint density at radius 3 is 1.51 bits per heavy atom. The molecule has 26 nitrogen and oxygen atoms in total. The Morgan fingerprint density at radius 1 is 0.581 bits per heavy atom. The van der Waals surface area contributed by atoms with E-state index in [0.29, 0.717) is 43.4 Å². The molecular formula is C48H76N14O12. The predicted molar refractivity (Wildman–Crippen MR) is 274 cm³/mol. The summed E-state index contributed by atoms with van der Waals surface area (Å²) in [5.74, 6) is -7.63. The van der Waals surface area contributed by atoms with Gasteiger partial charge in [-0.2, -0.15) is 0 Å². The van der Waals surface area contributed by atoms with Crippen molar-refractivity contribution in [3.8, 4) is 0 Å². The number of nitrogens with zero attached hydrogens (tertiary/aromatic N) is 2. The number of benzene rings is 2. The standard InChI is InChI=1S/C48H76N14O12/c1-28(2)24-38(47(71)72)60-43(67)35(16-11-23-54-48(52)53)57-44(68)37(26-31-17-19-32(20-18-31)62(73)74)59-45(69)36(25-30-12-5-4-6-13-30)58-42(66)34(15-8-10-22-50)56-40(64)29(3)55-46(70)39(27-63)61-41(65)33(51)14-7-9-21-49/h4-6,12-13,17-20,28-29,33-39,63H,7-11,14-16,21-27,49-51H2,1-3H3,(H,55,70)(H,56,64)(H,57,68)(H,58,66)(H,59,69)(H,60,67)(H,61,65)(H,71,72)(H4,52,53,54)/t29-,33-,34-,35-,36-,37-,38-,39-/m0/s1. The van der Waals surface area contributed by atoms with Crippen LogP contribution in [-0.2, 0) is 51.2 Å². The minimum atomic E-state index is -1.53. The van der Waals surface area contributed by atoms with E-state index in [4.69, 9.17) is 28.7 Å². The van der Waals surface area contributed by atoms with Crippen LogP contribution in [0.5, 0.6) is 0 Å². The number of hydrogen-bond acceptors (Lipinski definition) is 15. The molecule has 0 heterocycles. The zero-order valence-corrected chi connectivity index (χ0v) is 42.3. The highest BCUT2D eigenvalue weighted by molar-refractivity contribution is 5.97. The summed E-state index contributed by atoms with van der Waals surface area (Å²) in [5, 5.41) is 49.1. The van der Waals surface area contributed by atoms with Gasteiger partial charge >= 0.3 is 5.97 Å². The van der Waals surface area contributed by atoms with Gasteiger partial charge in [-0.3, -0.25) is 48.7 Å². The fourth-order valence-electron chi connectivity index (χ4n) is 7.36. The molecule has 0 unspecified atom stereocenters. The van der Waals surface area contributed by atoms with Crippen molar-refractivity contribution in [1.29, 1.82) is 0 Å². The molecule has 2 aromatic carbocycles. The van der Waals surface area contributed by atoms with Crippen LogP contribution < -0.4 is 65.9 Å². The van der Waals surface area contributed by atoms with Crippen molar-refractivity contribution in [3.63, 3.8) is 0 Å². The van der Waals surface area contributed by atoms with Gasteiger partial charge in [0.25, 0.3) is 5.69 Å². The molecule has 0 aliphatic heterocycles. The number of nitrogens with two attached hydrogens (primary N) is 5. The fraction of sp³-hybridized carbons (Fsp3) is 0.562. The predicted octanol–water partition coefficient (Wildman–Crippen LogP) is -2.44. The third-order valence-electron chi connectivity index (χ3n) is 11.5. The number of nitro benzene ring substituents is 1. The average Bonchev–Trinajstić information content (AvgIpc) is 3.35. The number of hydrogen-bond donors (Lipinski definition) is 14. The summed E-state index contributed by atoms with van der Waals surface area (Å²) < 4.78 is 0. The van der Waals surface area contributed by atoms with Gasteiger partial charge in [-0.25, -0.2) is 4.79 Å². The number of carboxylic acid groups (broad SMARTS) is 1. The number of guanidine groups is 1. The smallest absolute Gasteiger partial charge is 0.326 e. The first-order chi connectivity index (χ1) is 35.1. The van der Waals surface area contributed by atoms with Crippen LogP contribution in [-0.4, -0.2) is 143 Å². The molecule has 410 valence electrons. The second-order valence-corrected chi connectivity index (χ2v) is 18.2. The van der Waals surface area contributed by atoms with Crippen molar-refractivity contribution in [2.24, 2.45) is 39.6 Å². The summed E-state index contributed by atoms with van der Waals surface area (Å²) in [6.07, 6.45) is 1.93. The van der Waals surface area contributed by atoms with Crippen LogP contribution in [0.3, 0.4) is 0 Å². The van der Waals surface area contributed by atoms with Gasteiger partial charge < -0.3 is 76.1 Å². The highest BCUT2D eigenvalue weighted by Crippen LogP contribution is 2.15. The number of amides is 7. The van der Waals surface area contributed by atoms with Crippen molar-refractivity contribution in [1.82, 2.24) is 37.2 Å². The van der Waals surface area contributed by atoms with Crippen molar-refractivity contribution in [3.05, 3.63) is 75.8 Å². The van der Waals surface area contributed by atoms with E-state index in [0.717, 1.165) is 0 Å². The number of carboxylic acids is 1. The third kappa shape index (κ3) is 23.5. The molecule has 2 aromatic rings. The maximum atomic E-state index is 14.6. The summed E-state index contributed by atoms with van der Waals surface area (Å²) in [7, 11) is 0. The van der Waals surface area contributed by atoms with Gasteiger partial charge in [0.05, 0.1) is 17.6 Å². The lowest BCUT2D eigenvalue weighted by molar-refractivity contribution is -0.384. The Bertz CT molecular complexity index is 2180. The van der Waals surface area contributed by atoms with Crippen molar-refractivity contribution in [2.75, 3.05) is 26.2 Å². The minimum absolute atomic E-state index is 0.0181. The molecule has 0 spiro atoms. The van der Waals surface area contributed by atoms with Crippen LogP contribution in [0.1, 0.15) is 89.7 Å². The van der Waals surface area contributed by atoms with Gasteiger partial charge in [-0.1, -0.05) is 62.7 Å². The lowest BCUT2D eigenvalue weighted by Crippen LogP contribution is -2.60. The maximum absolute atomic E-state index is 14.6. The second kappa shape index (κ2) is 33.4. The number of aliphatic carboxylic acids is 1. The van der Waals surface area contributed by atoms with Crippen LogP contribution in [0.4, 0.5) is 5.69 Å². The summed E-state index contributed by atoms with van der Waals surface area (Å²) in [6, 6.07) is 2.88. The van der Waals surface area contributed by atoms with E-state index in [2.05, 4.69) is 42.2 Å². The molecule has 26 heteroatoms. The number of aliphatic imine (C=N–C) groups is 1. The van der Waals surface area contributed by atoms with Gasteiger partial charge in [0.1, 0.15) is 42.3 Å². The molecule has 0 fully saturated rings. The Labute approximate surface area is 430 Å². The van der Waals surface area contributed by atoms with Gasteiger partial charge in [0.2, 0.25) is 41.4 Å².